The molecule has 4 nitrogen and oxygen atoms in total. The van der Waals surface area contributed by atoms with Crippen molar-refractivity contribution in [1.29, 1.82) is 0 Å². The summed E-state index contributed by atoms with van der Waals surface area (Å²) in [6.45, 7) is 5.43. The lowest BCUT2D eigenvalue weighted by atomic mass is 9.89. The molecule has 0 N–H and O–H groups in total. The molecule has 1 aromatic heterocycles. The van der Waals surface area contributed by atoms with Gasteiger partial charge in [-0.2, -0.15) is 0 Å². The second kappa shape index (κ2) is 11.4. The van der Waals surface area contributed by atoms with Gasteiger partial charge in [0.25, 0.3) is 0 Å². The van der Waals surface area contributed by atoms with Gasteiger partial charge in [-0.3, -0.25) is 14.7 Å². The van der Waals surface area contributed by atoms with Gasteiger partial charge < -0.3 is 4.90 Å². The number of ketones is 1. The summed E-state index contributed by atoms with van der Waals surface area (Å²) in [5.41, 5.74) is 2.94. The van der Waals surface area contributed by atoms with E-state index in [4.69, 9.17) is 23.2 Å². The van der Waals surface area contributed by atoms with Gasteiger partial charge in [0.05, 0.1) is 5.52 Å². The molecule has 2 aromatic carbocycles. The van der Waals surface area contributed by atoms with Crippen molar-refractivity contribution in [1.82, 2.24) is 14.8 Å². The number of rotatable bonds is 7. The van der Waals surface area contributed by atoms with Crippen LogP contribution in [-0.4, -0.2) is 52.8 Å². The molecule has 0 amide bonds. The smallest absolute Gasteiger partial charge is 0.162 e. The Kier molecular flexibility index (Phi) is 8.04. The predicted octanol–water partition coefficient (Wildman–Crippen LogP) is 6.88. The Balaban J connectivity index is 1.09. The SMILES string of the molecule is O=C(CCC1CCCN(C2CCN(Cc3cc(Cl)cc(Cl)c3)CC2)C1)c1ccc2ncccc2c1. The monoisotopic (exact) mass is 509 g/mol. The normalized spacial score (nSPS) is 20.3. The molecule has 0 aliphatic carbocycles. The minimum Gasteiger partial charge on any atom is -0.300 e. The molecule has 5 rings (SSSR count). The third kappa shape index (κ3) is 6.42. The minimum absolute atomic E-state index is 0.252. The molecule has 2 aliphatic heterocycles. The topological polar surface area (TPSA) is 36.4 Å². The van der Waals surface area contributed by atoms with Crippen LogP contribution in [0.1, 0.15) is 54.4 Å². The largest absolute Gasteiger partial charge is 0.300 e. The molecule has 2 fully saturated rings. The van der Waals surface area contributed by atoms with Gasteiger partial charge in [-0.05, 0) is 106 Å². The van der Waals surface area contributed by atoms with Crippen molar-refractivity contribution in [3.63, 3.8) is 0 Å². The molecule has 2 aliphatic rings. The fraction of sp³-hybridized carbons (Fsp3) is 0.448. The summed E-state index contributed by atoms with van der Waals surface area (Å²) in [4.78, 5) is 22.5. The molecule has 0 spiro atoms. The maximum atomic E-state index is 12.9. The minimum atomic E-state index is 0.252. The number of aromatic nitrogens is 1. The molecular formula is C29H33Cl2N3O. The Hall–Kier alpha value is -1.98. The van der Waals surface area contributed by atoms with E-state index in [1.165, 1.54) is 37.8 Å². The van der Waals surface area contributed by atoms with Gasteiger partial charge in [0, 0.05) is 52.7 Å². The van der Waals surface area contributed by atoms with E-state index in [-0.39, 0.29) is 5.78 Å². The number of hydrogen-bond acceptors (Lipinski definition) is 4. The van der Waals surface area contributed by atoms with E-state index in [1.54, 1.807) is 12.3 Å². The number of fused-ring (bicyclic) bond motifs is 1. The summed E-state index contributed by atoms with van der Waals surface area (Å²) >= 11 is 12.4. The fourth-order valence-corrected chi connectivity index (χ4v) is 6.37. The average Bonchev–Trinajstić information content (AvgIpc) is 2.87. The highest BCUT2D eigenvalue weighted by Gasteiger charge is 2.29. The summed E-state index contributed by atoms with van der Waals surface area (Å²) in [6.07, 6.45) is 8.27. The zero-order valence-electron chi connectivity index (χ0n) is 20.1. The average molecular weight is 511 g/mol. The number of pyridine rings is 1. The van der Waals surface area contributed by atoms with Crippen molar-refractivity contribution in [3.8, 4) is 0 Å². The summed E-state index contributed by atoms with van der Waals surface area (Å²) in [7, 11) is 0. The highest BCUT2D eigenvalue weighted by molar-refractivity contribution is 6.34. The lowest BCUT2D eigenvalue weighted by Crippen LogP contribution is -2.48. The highest BCUT2D eigenvalue weighted by Crippen LogP contribution is 2.28. The summed E-state index contributed by atoms with van der Waals surface area (Å²) in [5.74, 6) is 0.865. The maximum Gasteiger partial charge on any atom is 0.162 e. The number of halogens is 2. The molecule has 1 unspecified atom stereocenters. The van der Waals surface area contributed by atoms with E-state index in [0.717, 1.165) is 49.1 Å². The van der Waals surface area contributed by atoms with Gasteiger partial charge in [0.15, 0.2) is 5.78 Å². The maximum absolute atomic E-state index is 12.9. The molecule has 0 radical (unpaired) electrons. The summed E-state index contributed by atoms with van der Waals surface area (Å²) in [6, 6.07) is 16.3. The first-order chi connectivity index (χ1) is 17.0. The molecule has 3 heterocycles. The van der Waals surface area contributed by atoms with Gasteiger partial charge >= 0.3 is 0 Å². The van der Waals surface area contributed by atoms with Crippen LogP contribution in [0.3, 0.4) is 0 Å². The van der Waals surface area contributed by atoms with E-state index < -0.39 is 0 Å². The van der Waals surface area contributed by atoms with Crippen LogP contribution >= 0.6 is 23.2 Å². The van der Waals surface area contributed by atoms with Crippen LogP contribution in [0.4, 0.5) is 0 Å². The Morgan fingerprint density at radius 1 is 0.971 bits per heavy atom. The first-order valence-corrected chi connectivity index (χ1v) is 13.6. The summed E-state index contributed by atoms with van der Waals surface area (Å²) < 4.78 is 0. The number of hydrogen-bond donors (Lipinski definition) is 0. The van der Waals surface area contributed by atoms with E-state index in [1.807, 2.05) is 42.5 Å². The second-order valence-electron chi connectivity index (χ2n) is 10.2. The number of carbonyl (C=O) groups excluding carboxylic acids is 1. The van der Waals surface area contributed by atoms with E-state index in [9.17, 15) is 4.79 Å². The Morgan fingerprint density at radius 2 is 1.77 bits per heavy atom. The molecule has 6 heteroatoms. The van der Waals surface area contributed by atoms with Crippen LogP contribution in [0.15, 0.2) is 54.7 Å². The van der Waals surface area contributed by atoms with Crippen molar-refractivity contribution >= 4 is 39.9 Å². The number of Topliss-reactive ketones (excluding diaryl/α,β-unsaturated/α-hetero) is 1. The van der Waals surface area contributed by atoms with Crippen LogP contribution < -0.4 is 0 Å². The lowest BCUT2D eigenvalue weighted by molar-refractivity contribution is 0.0657. The zero-order valence-corrected chi connectivity index (χ0v) is 21.6. The van der Waals surface area contributed by atoms with Crippen LogP contribution in [-0.2, 0) is 6.54 Å². The van der Waals surface area contributed by atoms with E-state index in [2.05, 4.69) is 14.8 Å². The Bertz CT molecular complexity index is 1160. The standard InChI is InChI=1S/C29H33Cl2N3O/c30-25-15-22(16-26(31)18-25)19-33-13-9-27(10-14-33)34-12-2-3-21(20-34)5-8-29(35)24-6-7-28-23(17-24)4-1-11-32-28/h1,4,6-7,11,15-18,21,27H,2-3,5,8-10,12-14,19-20H2. The third-order valence-corrected chi connectivity index (χ3v) is 8.09. The van der Waals surface area contributed by atoms with Gasteiger partial charge in [0.1, 0.15) is 0 Å². The summed E-state index contributed by atoms with van der Waals surface area (Å²) in [5, 5.41) is 2.45. The van der Waals surface area contributed by atoms with Crippen LogP contribution in [0.2, 0.25) is 10.0 Å². The van der Waals surface area contributed by atoms with Gasteiger partial charge in [0.2, 0.25) is 0 Å². The Morgan fingerprint density at radius 3 is 2.57 bits per heavy atom. The zero-order chi connectivity index (χ0) is 24.2. The molecule has 3 aromatic rings. The van der Waals surface area contributed by atoms with Gasteiger partial charge in [-0.15, -0.1) is 0 Å². The van der Waals surface area contributed by atoms with Crippen molar-refractivity contribution in [2.45, 2.75) is 51.1 Å². The predicted molar refractivity (Wildman–Crippen MR) is 144 cm³/mol. The third-order valence-electron chi connectivity index (χ3n) is 7.66. The molecular weight excluding hydrogens is 477 g/mol. The van der Waals surface area contributed by atoms with Crippen LogP contribution in [0.5, 0.6) is 0 Å². The first-order valence-electron chi connectivity index (χ1n) is 12.8. The number of carbonyl (C=O) groups is 1. The molecule has 35 heavy (non-hydrogen) atoms. The second-order valence-corrected chi connectivity index (χ2v) is 11.0. The number of piperidine rings is 2. The van der Waals surface area contributed by atoms with Crippen molar-refractivity contribution < 1.29 is 4.79 Å². The molecule has 184 valence electrons. The molecule has 1 atom stereocenters. The number of likely N-dealkylation sites (tertiary alicyclic amines) is 2. The van der Waals surface area contributed by atoms with E-state index >= 15 is 0 Å². The van der Waals surface area contributed by atoms with Gasteiger partial charge in [-0.1, -0.05) is 29.3 Å². The van der Waals surface area contributed by atoms with Crippen LogP contribution in [0, 0.1) is 5.92 Å². The number of nitrogens with zero attached hydrogens (tertiary/aromatic N) is 3. The van der Waals surface area contributed by atoms with Crippen molar-refractivity contribution in [3.05, 3.63) is 75.9 Å². The lowest BCUT2D eigenvalue weighted by Gasteiger charge is -2.42. The highest BCUT2D eigenvalue weighted by atomic mass is 35.5. The van der Waals surface area contributed by atoms with Crippen LogP contribution in [0.25, 0.3) is 10.9 Å². The quantitative estimate of drug-likeness (QED) is 0.325. The molecule has 2 saturated heterocycles. The van der Waals surface area contributed by atoms with E-state index in [0.29, 0.717) is 28.4 Å². The molecule has 0 bridgehead atoms. The fourth-order valence-electron chi connectivity index (χ4n) is 5.80. The van der Waals surface area contributed by atoms with Gasteiger partial charge in [-0.25, -0.2) is 0 Å². The first kappa shape index (κ1) is 24.7. The molecule has 0 saturated carbocycles. The Labute approximate surface area is 218 Å². The van der Waals surface area contributed by atoms with Crippen molar-refractivity contribution in [2.24, 2.45) is 5.92 Å². The van der Waals surface area contributed by atoms with Crippen molar-refractivity contribution in [2.75, 3.05) is 26.2 Å². The number of benzene rings is 2.